The fourth-order valence-electron chi connectivity index (χ4n) is 1.83. The zero-order chi connectivity index (χ0) is 11.5. The third-order valence-electron chi connectivity index (χ3n) is 2.50. The number of hydrogen-bond acceptors (Lipinski definition) is 4. The Labute approximate surface area is 91.5 Å². The molecule has 90 valence electrons. The monoisotopic (exact) mass is 218 g/mol. The van der Waals surface area contributed by atoms with Crippen molar-refractivity contribution in [3.63, 3.8) is 0 Å². The van der Waals surface area contributed by atoms with E-state index in [-0.39, 0.29) is 12.2 Å². The molecule has 1 N–H and O–H groups in total. The summed E-state index contributed by atoms with van der Waals surface area (Å²) in [5.41, 5.74) is 0. The van der Waals surface area contributed by atoms with Crippen molar-refractivity contribution in [2.24, 2.45) is 0 Å². The van der Waals surface area contributed by atoms with E-state index in [4.69, 9.17) is 14.2 Å². The van der Waals surface area contributed by atoms with Crippen LogP contribution < -0.4 is 0 Å². The highest BCUT2D eigenvalue weighted by Gasteiger charge is 2.42. The average molecular weight is 218 g/mol. The number of aliphatic hydroxyl groups is 1. The molecule has 2 heterocycles. The molecule has 0 aromatic heterocycles. The van der Waals surface area contributed by atoms with Crippen LogP contribution >= 0.6 is 0 Å². The first-order chi connectivity index (χ1) is 7.08. The SMILES string of the molecule is CC.CC1(C)OCC(C2OCCC2O)O1. The summed E-state index contributed by atoms with van der Waals surface area (Å²) >= 11 is 0. The first kappa shape index (κ1) is 12.9. The molecule has 2 fully saturated rings. The molecular weight excluding hydrogens is 196 g/mol. The number of hydrogen-bond donors (Lipinski definition) is 1. The fourth-order valence-corrected chi connectivity index (χ4v) is 1.83. The molecule has 3 unspecified atom stereocenters. The molecule has 0 spiro atoms. The minimum Gasteiger partial charge on any atom is -0.390 e. The van der Waals surface area contributed by atoms with Gasteiger partial charge in [0.25, 0.3) is 0 Å². The van der Waals surface area contributed by atoms with Gasteiger partial charge in [-0.3, -0.25) is 0 Å². The molecule has 3 atom stereocenters. The van der Waals surface area contributed by atoms with E-state index in [0.717, 1.165) is 0 Å². The summed E-state index contributed by atoms with van der Waals surface area (Å²) in [7, 11) is 0. The molecular formula is C11H22O4. The topological polar surface area (TPSA) is 47.9 Å². The van der Waals surface area contributed by atoms with Gasteiger partial charge in [0, 0.05) is 6.61 Å². The van der Waals surface area contributed by atoms with E-state index in [0.29, 0.717) is 19.6 Å². The summed E-state index contributed by atoms with van der Waals surface area (Å²) in [4.78, 5) is 0. The van der Waals surface area contributed by atoms with Gasteiger partial charge in [-0.2, -0.15) is 0 Å². The predicted octanol–water partition coefficient (Wildman–Crippen LogP) is 1.31. The Hall–Kier alpha value is -0.160. The lowest BCUT2D eigenvalue weighted by atomic mass is 10.1. The smallest absolute Gasteiger partial charge is 0.163 e. The zero-order valence-electron chi connectivity index (χ0n) is 10.0. The van der Waals surface area contributed by atoms with Gasteiger partial charge in [-0.15, -0.1) is 0 Å². The van der Waals surface area contributed by atoms with Crippen LogP contribution in [0.25, 0.3) is 0 Å². The van der Waals surface area contributed by atoms with Crippen LogP contribution in [0.2, 0.25) is 0 Å². The lowest BCUT2D eigenvalue weighted by Gasteiger charge is -2.22. The van der Waals surface area contributed by atoms with E-state index in [1.165, 1.54) is 0 Å². The first-order valence-corrected chi connectivity index (χ1v) is 5.70. The van der Waals surface area contributed by atoms with Crippen LogP contribution in [0.1, 0.15) is 34.1 Å². The molecule has 0 radical (unpaired) electrons. The van der Waals surface area contributed by atoms with Gasteiger partial charge in [0.2, 0.25) is 0 Å². The van der Waals surface area contributed by atoms with Crippen molar-refractivity contribution in [2.45, 2.75) is 58.2 Å². The fraction of sp³-hybridized carbons (Fsp3) is 1.00. The quantitative estimate of drug-likeness (QED) is 0.721. The van der Waals surface area contributed by atoms with Gasteiger partial charge in [-0.1, -0.05) is 13.8 Å². The van der Waals surface area contributed by atoms with Crippen molar-refractivity contribution in [1.82, 2.24) is 0 Å². The lowest BCUT2D eigenvalue weighted by Crippen LogP contribution is -2.37. The summed E-state index contributed by atoms with van der Waals surface area (Å²) in [6.45, 7) is 8.86. The van der Waals surface area contributed by atoms with Crippen LogP contribution in [-0.2, 0) is 14.2 Å². The maximum atomic E-state index is 9.56. The van der Waals surface area contributed by atoms with Crippen LogP contribution in [0.5, 0.6) is 0 Å². The van der Waals surface area contributed by atoms with Gasteiger partial charge in [-0.05, 0) is 20.3 Å². The van der Waals surface area contributed by atoms with E-state index in [1.54, 1.807) is 0 Å². The van der Waals surface area contributed by atoms with E-state index in [2.05, 4.69) is 0 Å². The highest BCUT2D eigenvalue weighted by molar-refractivity contribution is 4.86. The maximum Gasteiger partial charge on any atom is 0.163 e. The minimum atomic E-state index is -0.531. The third kappa shape index (κ3) is 3.14. The molecule has 0 aliphatic carbocycles. The van der Waals surface area contributed by atoms with E-state index in [9.17, 15) is 5.11 Å². The summed E-state index contributed by atoms with van der Waals surface area (Å²) in [5.74, 6) is -0.531. The van der Waals surface area contributed by atoms with Gasteiger partial charge in [0.15, 0.2) is 5.79 Å². The van der Waals surface area contributed by atoms with Gasteiger partial charge in [0.05, 0.1) is 12.7 Å². The van der Waals surface area contributed by atoms with E-state index >= 15 is 0 Å². The zero-order valence-corrected chi connectivity index (χ0v) is 10.0. The van der Waals surface area contributed by atoms with Crippen LogP contribution in [0.3, 0.4) is 0 Å². The second-order valence-electron chi connectivity index (χ2n) is 4.06. The molecule has 0 saturated carbocycles. The van der Waals surface area contributed by atoms with E-state index in [1.807, 2.05) is 27.7 Å². The summed E-state index contributed by atoms with van der Waals surface area (Å²) in [6.07, 6.45) is -0.0258. The molecule has 0 aromatic carbocycles. The summed E-state index contributed by atoms with van der Waals surface area (Å²) in [5, 5.41) is 9.56. The average Bonchev–Trinajstić information content (AvgIpc) is 2.75. The Morgan fingerprint density at radius 3 is 2.33 bits per heavy atom. The van der Waals surface area contributed by atoms with Gasteiger partial charge in [-0.25, -0.2) is 0 Å². The number of ether oxygens (including phenoxy) is 3. The lowest BCUT2D eigenvalue weighted by molar-refractivity contribution is -0.157. The van der Waals surface area contributed by atoms with Gasteiger partial charge < -0.3 is 19.3 Å². The van der Waals surface area contributed by atoms with Crippen LogP contribution in [0.15, 0.2) is 0 Å². The molecule has 2 aliphatic heterocycles. The van der Waals surface area contributed by atoms with Crippen molar-refractivity contribution >= 4 is 0 Å². The summed E-state index contributed by atoms with van der Waals surface area (Å²) in [6, 6.07) is 0. The highest BCUT2D eigenvalue weighted by atomic mass is 16.7. The minimum absolute atomic E-state index is 0.118. The van der Waals surface area contributed by atoms with Crippen LogP contribution in [-0.4, -0.2) is 42.4 Å². The number of rotatable bonds is 1. The molecule has 2 aliphatic rings. The summed E-state index contributed by atoms with van der Waals surface area (Å²) < 4.78 is 16.4. The Morgan fingerprint density at radius 2 is 1.93 bits per heavy atom. The molecule has 15 heavy (non-hydrogen) atoms. The molecule has 2 rings (SSSR count). The predicted molar refractivity (Wildman–Crippen MR) is 56.6 cm³/mol. The second kappa shape index (κ2) is 5.25. The highest BCUT2D eigenvalue weighted by Crippen LogP contribution is 2.29. The van der Waals surface area contributed by atoms with Crippen molar-refractivity contribution in [2.75, 3.05) is 13.2 Å². The number of aliphatic hydroxyl groups excluding tert-OH is 1. The van der Waals surface area contributed by atoms with Gasteiger partial charge >= 0.3 is 0 Å². The standard InChI is InChI=1S/C9H16O4.C2H6/c1-9(2)12-5-7(13-9)8-6(10)3-4-11-8;1-2/h6-8,10H,3-5H2,1-2H3;1-2H3. The van der Waals surface area contributed by atoms with Crippen molar-refractivity contribution in [1.29, 1.82) is 0 Å². The Bertz CT molecular complexity index is 193. The van der Waals surface area contributed by atoms with Crippen LogP contribution in [0, 0.1) is 0 Å². The Balaban J connectivity index is 0.000000531. The van der Waals surface area contributed by atoms with E-state index < -0.39 is 11.9 Å². The molecule has 0 amide bonds. The Kier molecular flexibility index (Phi) is 4.52. The van der Waals surface area contributed by atoms with Crippen LogP contribution in [0.4, 0.5) is 0 Å². The molecule has 2 saturated heterocycles. The van der Waals surface area contributed by atoms with Crippen molar-refractivity contribution < 1.29 is 19.3 Å². The molecule has 4 heteroatoms. The maximum absolute atomic E-state index is 9.56. The largest absolute Gasteiger partial charge is 0.390 e. The molecule has 4 nitrogen and oxygen atoms in total. The molecule has 0 aromatic rings. The third-order valence-corrected chi connectivity index (χ3v) is 2.50. The first-order valence-electron chi connectivity index (χ1n) is 5.70. The normalized spacial score (nSPS) is 38.6. The Morgan fingerprint density at radius 1 is 1.27 bits per heavy atom. The molecule has 0 bridgehead atoms. The van der Waals surface area contributed by atoms with Crippen molar-refractivity contribution in [3.8, 4) is 0 Å². The van der Waals surface area contributed by atoms with Crippen molar-refractivity contribution in [3.05, 3.63) is 0 Å². The second-order valence-corrected chi connectivity index (χ2v) is 4.06. The van der Waals surface area contributed by atoms with Gasteiger partial charge in [0.1, 0.15) is 12.2 Å².